The Hall–Kier alpha value is -2.08. The summed E-state index contributed by atoms with van der Waals surface area (Å²) in [5.74, 6) is 1.33. The number of carbonyl (C=O) groups is 1. The van der Waals surface area contributed by atoms with Gasteiger partial charge in [-0.05, 0) is 37.4 Å². The molecule has 1 rings (SSSR count). The molecule has 0 heterocycles. The van der Waals surface area contributed by atoms with Gasteiger partial charge >= 0.3 is 0 Å². The van der Waals surface area contributed by atoms with E-state index in [4.69, 9.17) is 26.4 Å². The quantitative estimate of drug-likeness (QED) is 0.376. The maximum absolute atomic E-state index is 11.0. The van der Waals surface area contributed by atoms with Crippen molar-refractivity contribution in [3.63, 3.8) is 0 Å². The third-order valence-corrected chi connectivity index (χ3v) is 2.61. The highest BCUT2D eigenvalue weighted by Crippen LogP contribution is 2.26. The zero-order chi connectivity index (χ0) is 15.0. The van der Waals surface area contributed by atoms with E-state index in [1.807, 2.05) is 6.92 Å². The minimum absolute atomic E-state index is 0.0967. The van der Waals surface area contributed by atoms with E-state index in [9.17, 15) is 4.79 Å². The van der Waals surface area contributed by atoms with E-state index >= 15 is 0 Å². The van der Waals surface area contributed by atoms with Gasteiger partial charge in [0.05, 0.1) is 14.2 Å². The van der Waals surface area contributed by atoms with Crippen molar-refractivity contribution in [1.29, 1.82) is 0 Å². The summed E-state index contributed by atoms with van der Waals surface area (Å²) in [7, 11) is 3.11. The van der Waals surface area contributed by atoms with Gasteiger partial charge in [-0.15, -0.1) is 0 Å². The van der Waals surface area contributed by atoms with Crippen molar-refractivity contribution in [3.8, 4) is 11.5 Å². The van der Waals surface area contributed by atoms with Gasteiger partial charge in [0.1, 0.15) is 11.5 Å². The van der Waals surface area contributed by atoms with Crippen molar-refractivity contribution >= 4 is 29.8 Å². The Balaban J connectivity index is 3.00. The summed E-state index contributed by atoms with van der Waals surface area (Å²) in [5, 5.41) is 2.95. The summed E-state index contributed by atoms with van der Waals surface area (Å²) in [6.07, 6.45) is 2.14. The number of carbonyl (C=O) groups excluding carboxylic acids is 1. The first-order valence-corrected chi connectivity index (χ1v) is 6.40. The lowest BCUT2D eigenvalue weighted by molar-refractivity contribution is -0.106. The van der Waals surface area contributed by atoms with Crippen LogP contribution in [0.5, 0.6) is 11.5 Å². The van der Waals surface area contributed by atoms with Gasteiger partial charge in [0.2, 0.25) is 0 Å². The monoisotopic (exact) mass is 295 g/mol. The zero-order valence-electron chi connectivity index (χ0n) is 11.6. The minimum Gasteiger partial charge on any atom is -0.497 e. The number of benzene rings is 1. The molecule has 108 valence electrons. The van der Waals surface area contributed by atoms with Gasteiger partial charge in [-0.3, -0.25) is 4.79 Å². The normalized spacial score (nSPS) is 10.7. The Bertz CT molecular complexity index is 514. The fourth-order valence-corrected chi connectivity index (χ4v) is 1.71. The van der Waals surface area contributed by atoms with Crippen LogP contribution in [0, 0.1) is 0 Å². The number of methoxy groups -OCH3 is 2. The van der Waals surface area contributed by atoms with Gasteiger partial charge in [0, 0.05) is 18.2 Å². The zero-order valence-corrected chi connectivity index (χ0v) is 12.5. The van der Waals surface area contributed by atoms with E-state index in [-0.39, 0.29) is 10.9 Å². The molecule has 20 heavy (non-hydrogen) atoms. The second kappa shape index (κ2) is 8.16. The third-order valence-electron chi connectivity index (χ3n) is 2.39. The SMILES string of the molecule is CCNC(=S)O/C(C=O)=C/c1ccc(OC)cc1OC. The van der Waals surface area contributed by atoms with Crippen LogP contribution in [0.25, 0.3) is 6.08 Å². The molecule has 0 fully saturated rings. The molecule has 0 bridgehead atoms. The van der Waals surface area contributed by atoms with Gasteiger partial charge in [-0.2, -0.15) is 0 Å². The van der Waals surface area contributed by atoms with Crippen LogP contribution in [0.15, 0.2) is 24.0 Å². The van der Waals surface area contributed by atoms with Gasteiger partial charge in [-0.25, -0.2) is 0 Å². The first kappa shape index (κ1) is 16.0. The predicted octanol–water partition coefficient (Wildman–Crippen LogP) is 2.15. The summed E-state index contributed by atoms with van der Waals surface area (Å²) in [5.41, 5.74) is 0.690. The largest absolute Gasteiger partial charge is 0.497 e. The smallest absolute Gasteiger partial charge is 0.262 e. The Morgan fingerprint density at radius 1 is 1.35 bits per heavy atom. The molecule has 0 aromatic heterocycles. The van der Waals surface area contributed by atoms with Crippen molar-refractivity contribution in [1.82, 2.24) is 5.32 Å². The van der Waals surface area contributed by atoms with Crippen molar-refractivity contribution in [3.05, 3.63) is 29.5 Å². The molecule has 1 aromatic rings. The van der Waals surface area contributed by atoms with Crippen LogP contribution in [0.4, 0.5) is 0 Å². The van der Waals surface area contributed by atoms with Crippen LogP contribution in [0.3, 0.4) is 0 Å². The summed E-state index contributed by atoms with van der Waals surface area (Å²) in [6, 6.07) is 5.25. The molecule has 5 nitrogen and oxygen atoms in total. The van der Waals surface area contributed by atoms with Crippen molar-refractivity contribution in [2.24, 2.45) is 0 Å². The van der Waals surface area contributed by atoms with Gasteiger partial charge < -0.3 is 19.5 Å². The summed E-state index contributed by atoms with van der Waals surface area (Å²) in [4.78, 5) is 11.0. The van der Waals surface area contributed by atoms with Crippen LogP contribution in [0.1, 0.15) is 12.5 Å². The molecular formula is C14H17NO4S. The molecule has 0 aliphatic carbocycles. The molecule has 0 unspecified atom stereocenters. The number of ether oxygens (including phenoxy) is 3. The molecule has 0 saturated carbocycles. The van der Waals surface area contributed by atoms with E-state index in [0.717, 1.165) is 0 Å². The lowest BCUT2D eigenvalue weighted by Crippen LogP contribution is -2.23. The van der Waals surface area contributed by atoms with Crippen LogP contribution < -0.4 is 14.8 Å². The average molecular weight is 295 g/mol. The number of rotatable bonds is 6. The first-order valence-electron chi connectivity index (χ1n) is 5.99. The lowest BCUT2D eigenvalue weighted by atomic mass is 10.1. The fraction of sp³-hybridized carbons (Fsp3) is 0.286. The van der Waals surface area contributed by atoms with Gasteiger partial charge in [0.15, 0.2) is 12.0 Å². The first-order chi connectivity index (χ1) is 9.64. The summed E-state index contributed by atoms with van der Waals surface area (Å²) < 4.78 is 15.6. The highest BCUT2D eigenvalue weighted by atomic mass is 32.1. The number of hydrogen-bond donors (Lipinski definition) is 1. The van der Waals surface area contributed by atoms with E-state index in [1.165, 1.54) is 7.11 Å². The number of hydrogen-bond acceptors (Lipinski definition) is 5. The fourth-order valence-electron chi connectivity index (χ4n) is 1.47. The van der Waals surface area contributed by atoms with Gasteiger partial charge in [0.25, 0.3) is 5.17 Å². The molecule has 0 radical (unpaired) electrons. The molecule has 0 aliphatic rings. The molecule has 1 N–H and O–H groups in total. The molecule has 0 amide bonds. The van der Waals surface area contributed by atoms with Gasteiger partial charge in [-0.1, -0.05) is 0 Å². The van der Waals surface area contributed by atoms with Crippen LogP contribution in [0.2, 0.25) is 0 Å². The molecular weight excluding hydrogens is 278 g/mol. The Labute approximate surface area is 123 Å². The summed E-state index contributed by atoms with van der Waals surface area (Å²) in [6.45, 7) is 2.50. The van der Waals surface area contributed by atoms with Crippen LogP contribution in [-0.2, 0) is 9.53 Å². The van der Waals surface area contributed by atoms with E-state index in [2.05, 4.69) is 5.32 Å². The summed E-state index contributed by atoms with van der Waals surface area (Å²) >= 11 is 4.93. The highest BCUT2D eigenvalue weighted by molar-refractivity contribution is 7.80. The molecule has 0 atom stereocenters. The van der Waals surface area contributed by atoms with E-state index < -0.39 is 0 Å². The predicted molar refractivity (Wildman–Crippen MR) is 80.9 cm³/mol. The average Bonchev–Trinajstić information content (AvgIpc) is 2.47. The lowest BCUT2D eigenvalue weighted by Gasteiger charge is -2.09. The second-order valence-corrected chi connectivity index (χ2v) is 4.06. The number of nitrogens with one attached hydrogen (secondary N) is 1. The molecule has 0 saturated heterocycles. The molecule has 0 spiro atoms. The van der Waals surface area contributed by atoms with Crippen LogP contribution >= 0.6 is 12.2 Å². The maximum atomic E-state index is 11.0. The third kappa shape index (κ3) is 4.55. The molecule has 0 aliphatic heterocycles. The topological polar surface area (TPSA) is 56.8 Å². The number of thiocarbonyl (C=S) groups is 1. The number of aldehydes is 1. The molecule has 6 heteroatoms. The maximum Gasteiger partial charge on any atom is 0.262 e. The minimum atomic E-state index is 0.0967. The number of allylic oxidation sites excluding steroid dienone is 1. The Morgan fingerprint density at radius 2 is 2.10 bits per heavy atom. The Kier molecular flexibility index (Phi) is 6.52. The second-order valence-electron chi connectivity index (χ2n) is 3.69. The van der Waals surface area contributed by atoms with Crippen LogP contribution in [-0.4, -0.2) is 32.2 Å². The van der Waals surface area contributed by atoms with Crippen molar-refractivity contribution < 1.29 is 19.0 Å². The van der Waals surface area contributed by atoms with E-state index in [1.54, 1.807) is 31.4 Å². The standard InChI is InChI=1S/C14H17NO4S/c1-4-15-14(20)19-12(9-16)7-10-5-6-11(17-2)8-13(10)18-3/h5-9H,4H2,1-3H3,(H,15,20)/b12-7+. The highest BCUT2D eigenvalue weighted by Gasteiger charge is 2.07. The van der Waals surface area contributed by atoms with Crippen molar-refractivity contribution in [2.45, 2.75) is 6.92 Å². The molecule has 1 aromatic carbocycles. The van der Waals surface area contributed by atoms with E-state index in [0.29, 0.717) is 29.9 Å². The Morgan fingerprint density at radius 3 is 2.65 bits per heavy atom. The van der Waals surface area contributed by atoms with Crippen molar-refractivity contribution in [2.75, 3.05) is 20.8 Å².